The molecule has 0 saturated carbocycles. The van der Waals surface area contributed by atoms with Gasteiger partial charge in [0, 0.05) is 32.1 Å². The summed E-state index contributed by atoms with van der Waals surface area (Å²) in [6.45, 7) is 4.57. The van der Waals surface area contributed by atoms with Gasteiger partial charge in [-0.25, -0.2) is 0 Å². The number of ether oxygens (including phenoxy) is 1. The van der Waals surface area contributed by atoms with Crippen molar-refractivity contribution in [1.29, 1.82) is 0 Å². The predicted octanol–water partition coefficient (Wildman–Crippen LogP) is 1.82. The van der Waals surface area contributed by atoms with E-state index >= 15 is 0 Å². The van der Waals surface area contributed by atoms with Crippen LogP contribution in [0.5, 0.6) is 0 Å². The third kappa shape index (κ3) is 4.56. The number of amides is 1. The fourth-order valence-electron chi connectivity index (χ4n) is 3.74. The lowest BCUT2D eigenvalue weighted by Gasteiger charge is -2.29. The van der Waals surface area contributed by atoms with Crippen LogP contribution < -0.4 is 0 Å². The minimum absolute atomic E-state index is 0.229. The second-order valence-corrected chi connectivity index (χ2v) is 6.74. The van der Waals surface area contributed by atoms with Crippen LogP contribution in [0, 0.1) is 0 Å². The van der Waals surface area contributed by atoms with Crippen LogP contribution in [-0.4, -0.2) is 66.2 Å². The number of hydrogen-bond donors (Lipinski definition) is 1. The van der Waals surface area contributed by atoms with Crippen LogP contribution in [0.4, 0.5) is 0 Å². The fourth-order valence-corrected chi connectivity index (χ4v) is 3.74. The maximum absolute atomic E-state index is 12.3. The fraction of sp³-hybridized carbons (Fsp3) is 0.632. The molecule has 2 saturated heterocycles. The van der Waals surface area contributed by atoms with Crippen LogP contribution in [-0.2, 0) is 9.53 Å². The van der Waals surface area contributed by atoms with Crippen LogP contribution in [0.25, 0.3) is 0 Å². The molecule has 132 valence electrons. The summed E-state index contributed by atoms with van der Waals surface area (Å²) in [5, 5.41) is 10.5. The van der Waals surface area contributed by atoms with Crippen molar-refractivity contribution in [2.75, 3.05) is 39.4 Å². The molecule has 0 aromatic heterocycles. The van der Waals surface area contributed by atoms with Crippen molar-refractivity contribution < 1.29 is 14.6 Å². The average Bonchev–Trinajstić information content (AvgIpc) is 3.08. The SMILES string of the molecule is O=C(CCN1CCC[C@H]1C[C@H](O)c1ccccc1)N1CCOCC1. The number of carbonyl (C=O) groups is 1. The number of aliphatic hydroxyl groups excluding tert-OH is 1. The van der Waals surface area contributed by atoms with Crippen molar-refractivity contribution in [3.05, 3.63) is 35.9 Å². The number of morpholine rings is 1. The molecule has 24 heavy (non-hydrogen) atoms. The topological polar surface area (TPSA) is 53.0 Å². The van der Waals surface area contributed by atoms with E-state index in [1.165, 1.54) is 0 Å². The third-order valence-corrected chi connectivity index (χ3v) is 5.16. The van der Waals surface area contributed by atoms with E-state index in [0.29, 0.717) is 25.7 Å². The summed E-state index contributed by atoms with van der Waals surface area (Å²) in [7, 11) is 0. The zero-order valence-corrected chi connectivity index (χ0v) is 14.3. The van der Waals surface area contributed by atoms with Crippen LogP contribution in [0.2, 0.25) is 0 Å². The van der Waals surface area contributed by atoms with Crippen LogP contribution in [0.3, 0.4) is 0 Å². The minimum atomic E-state index is -0.424. The number of nitrogens with zero attached hydrogens (tertiary/aromatic N) is 2. The Morgan fingerprint density at radius 3 is 2.71 bits per heavy atom. The van der Waals surface area contributed by atoms with E-state index in [1.54, 1.807) is 0 Å². The quantitative estimate of drug-likeness (QED) is 0.863. The number of likely N-dealkylation sites (tertiary alicyclic amines) is 1. The van der Waals surface area contributed by atoms with Gasteiger partial charge in [0.2, 0.25) is 5.91 Å². The standard InChI is InChI=1S/C19H28N2O3/c22-18(16-5-2-1-3-6-16)15-17-7-4-9-20(17)10-8-19(23)21-11-13-24-14-12-21/h1-3,5-6,17-18,22H,4,7-15H2/t17-,18-/m0/s1. The van der Waals surface area contributed by atoms with Crippen molar-refractivity contribution in [3.8, 4) is 0 Å². The minimum Gasteiger partial charge on any atom is -0.388 e. The lowest BCUT2D eigenvalue weighted by Crippen LogP contribution is -2.42. The van der Waals surface area contributed by atoms with Crippen molar-refractivity contribution >= 4 is 5.91 Å². The molecular weight excluding hydrogens is 304 g/mol. The van der Waals surface area contributed by atoms with Crippen molar-refractivity contribution in [1.82, 2.24) is 9.80 Å². The Labute approximate surface area is 144 Å². The average molecular weight is 332 g/mol. The van der Waals surface area contributed by atoms with E-state index in [2.05, 4.69) is 4.90 Å². The Morgan fingerprint density at radius 1 is 1.21 bits per heavy atom. The van der Waals surface area contributed by atoms with Gasteiger partial charge in [-0.3, -0.25) is 9.69 Å². The summed E-state index contributed by atoms with van der Waals surface area (Å²) < 4.78 is 5.30. The number of aliphatic hydroxyl groups is 1. The molecule has 2 aliphatic rings. The first-order valence-electron chi connectivity index (χ1n) is 9.06. The van der Waals surface area contributed by atoms with E-state index in [9.17, 15) is 9.90 Å². The molecule has 0 aliphatic carbocycles. The summed E-state index contributed by atoms with van der Waals surface area (Å²) >= 11 is 0. The number of rotatable bonds is 6. The van der Waals surface area contributed by atoms with E-state index in [4.69, 9.17) is 4.74 Å². The molecule has 0 spiro atoms. The maximum Gasteiger partial charge on any atom is 0.224 e. The Hall–Kier alpha value is -1.43. The van der Waals surface area contributed by atoms with Gasteiger partial charge in [-0.15, -0.1) is 0 Å². The molecule has 0 unspecified atom stereocenters. The summed E-state index contributed by atoms with van der Waals surface area (Å²) in [5.74, 6) is 0.229. The molecule has 2 fully saturated rings. The second-order valence-electron chi connectivity index (χ2n) is 6.74. The first-order chi connectivity index (χ1) is 11.7. The Balaban J connectivity index is 1.47. The molecule has 5 nitrogen and oxygen atoms in total. The van der Waals surface area contributed by atoms with E-state index in [0.717, 1.165) is 51.0 Å². The van der Waals surface area contributed by atoms with Gasteiger partial charge >= 0.3 is 0 Å². The highest BCUT2D eigenvalue weighted by Crippen LogP contribution is 2.27. The van der Waals surface area contributed by atoms with E-state index in [1.807, 2.05) is 35.2 Å². The van der Waals surface area contributed by atoms with Gasteiger partial charge < -0.3 is 14.7 Å². The zero-order chi connectivity index (χ0) is 16.8. The third-order valence-electron chi connectivity index (χ3n) is 5.16. The smallest absolute Gasteiger partial charge is 0.224 e. The zero-order valence-electron chi connectivity index (χ0n) is 14.3. The highest BCUT2D eigenvalue weighted by molar-refractivity contribution is 5.76. The molecule has 0 bridgehead atoms. The molecule has 2 heterocycles. The molecule has 0 radical (unpaired) electrons. The molecule has 3 rings (SSSR count). The lowest BCUT2D eigenvalue weighted by molar-refractivity contribution is -0.135. The van der Waals surface area contributed by atoms with Crippen LogP contribution in [0.15, 0.2) is 30.3 Å². The van der Waals surface area contributed by atoms with Crippen molar-refractivity contribution in [2.45, 2.75) is 37.8 Å². The summed E-state index contributed by atoms with van der Waals surface area (Å²) in [6.07, 6.45) is 3.15. The molecule has 1 amide bonds. The summed E-state index contributed by atoms with van der Waals surface area (Å²) in [5.41, 5.74) is 0.980. The lowest BCUT2D eigenvalue weighted by atomic mass is 10.0. The number of hydrogen-bond acceptors (Lipinski definition) is 4. The Bertz CT molecular complexity index is 517. The van der Waals surface area contributed by atoms with Gasteiger partial charge in [0.15, 0.2) is 0 Å². The molecule has 2 atom stereocenters. The molecule has 5 heteroatoms. The molecule has 1 N–H and O–H groups in total. The highest BCUT2D eigenvalue weighted by atomic mass is 16.5. The van der Waals surface area contributed by atoms with Gasteiger partial charge in [0.05, 0.1) is 19.3 Å². The van der Waals surface area contributed by atoms with Crippen molar-refractivity contribution in [3.63, 3.8) is 0 Å². The molecular formula is C19H28N2O3. The summed E-state index contributed by atoms with van der Waals surface area (Å²) in [6, 6.07) is 10.2. The molecule has 1 aromatic carbocycles. The van der Waals surface area contributed by atoms with Crippen LogP contribution >= 0.6 is 0 Å². The van der Waals surface area contributed by atoms with Crippen LogP contribution in [0.1, 0.15) is 37.4 Å². The Kier molecular flexibility index (Phi) is 6.24. The summed E-state index contributed by atoms with van der Waals surface area (Å²) in [4.78, 5) is 16.6. The monoisotopic (exact) mass is 332 g/mol. The van der Waals surface area contributed by atoms with Gasteiger partial charge in [0.25, 0.3) is 0 Å². The van der Waals surface area contributed by atoms with Gasteiger partial charge in [0.1, 0.15) is 0 Å². The predicted molar refractivity (Wildman–Crippen MR) is 92.6 cm³/mol. The normalized spacial score (nSPS) is 23.4. The number of carbonyl (C=O) groups excluding carboxylic acids is 1. The van der Waals surface area contributed by atoms with Crippen molar-refractivity contribution in [2.24, 2.45) is 0 Å². The van der Waals surface area contributed by atoms with Gasteiger partial charge in [-0.2, -0.15) is 0 Å². The molecule has 1 aromatic rings. The first-order valence-corrected chi connectivity index (χ1v) is 9.06. The van der Waals surface area contributed by atoms with E-state index < -0.39 is 6.10 Å². The van der Waals surface area contributed by atoms with E-state index in [-0.39, 0.29) is 5.91 Å². The molecule has 2 aliphatic heterocycles. The largest absolute Gasteiger partial charge is 0.388 e. The highest BCUT2D eigenvalue weighted by Gasteiger charge is 2.28. The van der Waals surface area contributed by atoms with Gasteiger partial charge in [-0.05, 0) is 31.4 Å². The first kappa shape index (κ1) is 17.4. The second kappa shape index (κ2) is 8.60. The number of benzene rings is 1. The Morgan fingerprint density at radius 2 is 1.96 bits per heavy atom. The van der Waals surface area contributed by atoms with Gasteiger partial charge in [-0.1, -0.05) is 30.3 Å². The maximum atomic E-state index is 12.3.